The number of hydrogen-bond donors (Lipinski definition) is 2. The van der Waals surface area contributed by atoms with Crippen molar-refractivity contribution in [1.82, 2.24) is 9.97 Å². The highest BCUT2D eigenvalue weighted by atomic mass is 32.1. The summed E-state index contributed by atoms with van der Waals surface area (Å²) in [6.07, 6.45) is 0. The lowest BCUT2D eigenvalue weighted by atomic mass is 10.2. The second kappa shape index (κ2) is 4.78. The first-order valence-corrected chi connectivity index (χ1v) is 7.31. The predicted molar refractivity (Wildman–Crippen MR) is 81.7 cm³/mol. The molecule has 4 rings (SSSR count). The Balaban J connectivity index is 1.59. The van der Waals surface area contributed by atoms with Crippen LogP contribution >= 0.6 is 11.3 Å². The van der Waals surface area contributed by atoms with Crippen molar-refractivity contribution in [3.05, 3.63) is 35.2 Å². The predicted octanol–water partition coefficient (Wildman–Crippen LogP) is 2.61. The standard InChI is InChI=1S/C14H12N4O2S/c15-14-17-12(9-3-4-21-13(9)18-14)16-6-8-1-2-10-11(5-8)20-7-19-10/h1-5H,6-7H2,(H3,15,16,17,18). The van der Waals surface area contributed by atoms with Crippen LogP contribution in [0.3, 0.4) is 0 Å². The molecule has 0 radical (unpaired) electrons. The molecule has 1 aliphatic rings. The molecule has 0 aliphatic carbocycles. The van der Waals surface area contributed by atoms with Crippen molar-refractivity contribution < 1.29 is 9.47 Å². The van der Waals surface area contributed by atoms with Crippen LogP contribution in [0, 0.1) is 0 Å². The zero-order valence-electron chi connectivity index (χ0n) is 11.0. The Morgan fingerprint density at radius 2 is 2.10 bits per heavy atom. The number of nitrogens with two attached hydrogens (primary N) is 1. The second-order valence-corrected chi connectivity index (χ2v) is 5.51. The lowest BCUT2D eigenvalue weighted by Gasteiger charge is -2.08. The number of nitrogens with one attached hydrogen (secondary N) is 1. The van der Waals surface area contributed by atoms with Gasteiger partial charge in [0.1, 0.15) is 10.6 Å². The maximum Gasteiger partial charge on any atom is 0.231 e. The number of thiophene rings is 1. The van der Waals surface area contributed by atoms with Crippen LogP contribution in [0.25, 0.3) is 10.2 Å². The molecule has 0 saturated carbocycles. The first-order chi connectivity index (χ1) is 10.3. The van der Waals surface area contributed by atoms with E-state index in [4.69, 9.17) is 15.2 Å². The number of benzene rings is 1. The molecule has 0 fully saturated rings. The monoisotopic (exact) mass is 300 g/mol. The Kier molecular flexibility index (Phi) is 2.78. The fraction of sp³-hybridized carbons (Fsp3) is 0.143. The third-order valence-electron chi connectivity index (χ3n) is 3.24. The highest BCUT2D eigenvalue weighted by Gasteiger charge is 2.13. The second-order valence-electron chi connectivity index (χ2n) is 4.61. The molecule has 21 heavy (non-hydrogen) atoms. The lowest BCUT2D eigenvalue weighted by molar-refractivity contribution is 0.174. The fourth-order valence-corrected chi connectivity index (χ4v) is 3.01. The Morgan fingerprint density at radius 3 is 3.05 bits per heavy atom. The smallest absolute Gasteiger partial charge is 0.231 e. The number of anilines is 2. The van der Waals surface area contributed by atoms with Gasteiger partial charge in [-0.25, -0.2) is 4.98 Å². The van der Waals surface area contributed by atoms with Gasteiger partial charge in [-0.2, -0.15) is 4.98 Å². The van der Waals surface area contributed by atoms with Crippen molar-refractivity contribution in [1.29, 1.82) is 0 Å². The number of rotatable bonds is 3. The zero-order chi connectivity index (χ0) is 14.2. The van der Waals surface area contributed by atoms with E-state index in [1.165, 1.54) is 0 Å². The third-order valence-corrected chi connectivity index (χ3v) is 4.05. The molecule has 0 unspecified atom stereocenters. The number of fused-ring (bicyclic) bond motifs is 2. The van der Waals surface area contributed by atoms with Gasteiger partial charge < -0.3 is 20.5 Å². The molecule has 2 aromatic heterocycles. The Labute approximate surface area is 124 Å². The van der Waals surface area contributed by atoms with Gasteiger partial charge in [-0.1, -0.05) is 6.07 Å². The van der Waals surface area contributed by atoms with Crippen LogP contribution in [0.1, 0.15) is 5.56 Å². The van der Waals surface area contributed by atoms with Crippen molar-refractivity contribution in [2.75, 3.05) is 17.8 Å². The molecule has 1 aromatic carbocycles. The van der Waals surface area contributed by atoms with Crippen LogP contribution in [-0.2, 0) is 6.54 Å². The van der Waals surface area contributed by atoms with Gasteiger partial charge >= 0.3 is 0 Å². The Hall–Kier alpha value is -2.54. The molecule has 7 heteroatoms. The average molecular weight is 300 g/mol. The molecule has 0 atom stereocenters. The van der Waals surface area contributed by atoms with E-state index < -0.39 is 0 Å². The normalized spacial score (nSPS) is 12.8. The zero-order valence-corrected chi connectivity index (χ0v) is 11.8. The minimum Gasteiger partial charge on any atom is -0.454 e. The van der Waals surface area contributed by atoms with Gasteiger partial charge in [-0.15, -0.1) is 11.3 Å². The van der Waals surface area contributed by atoms with Crippen LogP contribution in [0.5, 0.6) is 11.5 Å². The molecule has 6 nitrogen and oxygen atoms in total. The summed E-state index contributed by atoms with van der Waals surface area (Å²) >= 11 is 1.55. The fourth-order valence-electron chi connectivity index (χ4n) is 2.24. The van der Waals surface area contributed by atoms with Crippen molar-refractivity contribution in [2.45, 2.75) is 6.54 Å². The Morgan fingerprint density at radius 1 is 1.19 bits per heavy atom. The summed E-state index contributed by atoms with van der Waals surface area (Å²) in [6.45, 7) is 0.905. The summed E-state index contributed by atoms with van der Waals surface area (Å²) in [6, 6.07) is 7.86. The Bertz CT molecular complexity index is 818. The molecular weight excluding hydrogens is 288 g/mol. The van der Waals surface area contributed by atoms with Gasteiger partial charge in [0, 0.05) is 6.54 Å². The lowest BCUT2D eigenvalue weighted by Crippen LogP contribution is -2.04. The molecule has 3 N–H and O–H groups in total. The van der Waals surface area contributed by atoms with Gasteiger partial charge in [0.2, 0.25) is 12.7 Å². The first-order valence-electron chi connectivity index (χ1n) is 6.43. The molecule has 0 saturated heterocycles. The van der Waals surface area contributed by atoms with Crippen molar-refractivity contribution in [3.8, 4) is 11.5 Å². The maximum atomic E-state index is 5.73. The molecule has 0 bridgehead atoms. The van der Waals surface area contributed by atoms with Gasteiger partial charge in [-0.05, 0) is 29.1 Å². The summed E-state index contributed by atoms with van der Waals surface area (Å²) in [5.41, 5.74) is 6.82. The van der Waals surface area contributed by atoms with E-state index in [9.17, 15) is 0 Å². The quantitative estimate of drug-likeness (QED) is 0.773. The number of nitrogen functional groups attached to an aromatic ring is 1. The summed E-state index contributed by atoms with van der Waals surface area (Å²) in [5.74, 6) is 2.58. The average Bonchev–Trinajstić information content (AvgIpc) is 3.12. The van der Waals surface area contributed by atoms with Crippen molar-refractivity contribution >= 4 is 33.3 Å². The molecule has 0 amide bonds. The van der Waals surface area contributed by atoms with Gasteiger partial charge in [-0.3, -0.25) is 0 Å². The summed E-state index contributed by atoms with van der Waals surface area (Å²) in [4.78, 5) is 9.36. The highest BCUT2D eigenvalue weighted by Crippen LogP contribution is 2.33. The number of ether oxygens (including phenoxy) is 2. The van der Waals surface area contributed by atoms with Crippen LogP contribution in [0.4, 0.5) is 11.8 Å². The van der Waals surface area contributed by atoms with E-state index in [-0.39, 0.29) is 12.7 Å². The van der Waals surface area contributed by atoms with Crippen LogP contribution in [-0.4, -0.2) is 16.8 Å². The molecule has 3 heterocycles. The van der Waals surface area contributed by atoms with E-state index in [2.05, 4.69) is 15.3 Å². The minimum atomic E-state index is 0.276. The summed E-state index contributed by atoms with van der Waals surface area (Å²) < 4.78 is 10.7. The van der Waals surface area contributed by atoms with Gasteiger partial charge in [0.25, 0.3) is 0 Å². The van der Waals surface area contributed by atoms with E-state index in [0.29, 0.717) is 6.54 Å². The molecular formula is C14H12N4O2S. The molecule has 3 aromatic rings. The topological polar surface area (TPSA) is 82.3 Å². The number of aromatic nitrogens is 2. The summed E-state index contributed by atoms with van der Waals surface area (Å²) in [7, 11) is 0. The molecule has 106 valence electrons. The minimum absolute atomic E-state index is 0.276. The van der Waals surface area contributed by atoms with Crippen molar-refractivity contribution in [3.63, 3.8) is 0 Å². The van der Waals surface area contributed by atoms with E-state index >= 15 is 0 Å². The van der Waals surface area contributed by atoms with Crippen molar-refractivity contribution in [2.24, 2.45) is 0 Å². The van der Waals surface area contributed by atoms with Crippen LogP contribution in [0.2, 0.25) is 0 Å². The summed E-state index contributed by atoms with van der Waals surface area (Å²) in [5, 5.41) is 6.26. The maximum absolute atomic E-state index is 5.73. The van der Waals surface area contributed by atoms with Gasteiger partial charge in [0.15, 0.2) is 11.5 Å². The molecule has 0 spiro atoms. The first kappa shape index (κ1) is 12.2. The van der Waals surface area contributed by atoms with E-state index in [1.807, 2.05) is 29.6 Å². The van der Waals surface area contributed by atoms with Crippen LogP contribution < -0.4 is 20.5 Å². The van der Waals surface area contributed by atoms with Gasteiger partial charge in [0.05, 0.1) is 5.39 Å². The highest BCUT2D eigenvalue weighted by molar-refractivity contribution is 7.16. The van der Waals surface area contributed by atoms with E-state index in [0.717, 1.165) is 33.1 Å². The number of nitrogens with zero attached hydrogens (tertiary/aromatic N) is 2. The number of hydrogen-bond acceptors (Lipinski definition) is 7. The van der Waals surface area contributed by atoms with E-state index in [1.54, 1.807) is 11.3 Å². The molecule has 1 aliphatic heterocycles. The third kappa shape index (κ3) is 2.21. The van der Waals surface area contributed by atoms with Crippen LogP contribution in [0.15, 0.2) is 29.6 Å². The SMILES string of the molecule is Nc1nc(NCc2ccc3c(c2)OCO3)c2ccsc2n1. The largest absolute Gasteiger partial charge is 0.454 e.